The van der Waals surface area contributed by atoms with Crippen LogP contribution in [-0.2, 0) is 16.1 Å². The Morgan fingerprint density at radius 2 is 1.88 bits per heavy atom. The fraction of sp³-hybridized carbons (Fsp3) is 0.194. The highest BCUT2D eigenvalue weighted by Gasteiger charge is 2.34. The van der Waals surface area contributed by atoms with Gasteiger partial charge in [0, 0.05) is 38.6 Å². The molecule has 40 heavy (non-hydrogen) atoms. The molecule has 1 aliphatic rings. The van der Waals surface area contributed by atoms with Gasteiger partial charge >= 0.3 is 5.97 Å². The molecule has 6 nitrogen and oxygen atoms in total. The van der Waals surface area contributed by atoms with Crippen LogP contribution < -0.4 is 14.9 Å². The summed E-state index contributed by atoms with van der Waals surface area (Å²) in [6.45, 7) is 6.50. The second kappa shape index (κ2) is 10.7. The summed E-state index contributed by atoms with van der Waals surface area (Å²) in [4.78, 5) is 33.2. The molecule has 1 atom stereocenters. The number of rotatable bonds is 6. The molecule has 0 saturated carbocycles. The van der Waals surface area contributed by atoms with E-state index >= 15 is 0 Å². The number of esters is 1. The lowest BCUT2D eigenvalue weighted by molar-refractivity contribution is -0.139. The Morgan fingerprint density at radius 1 is 1.10 bits per heavy atom. The maximum absolute atomic E-state index is 14.0. The van der Waals surface area contributed by atoms with Crippen LogP contribution in [0.4, 0.5) is 0 Å². The summed E-state index contributed by atoms with van der Waals surface area (Å²) in [5.74, 6) is -0.449. The van der Waals surface area contributed by atoms with E-state index < -0.39 is 12.0 Å². The van der Waals surface area contributed by atoms with E-state index in [1.54, 1.807) is 18.4 Å². The van der Waals surface area contributed by atoms with Gasteiger partial charge in [-0.1, -0.05) is 65.4 Å². The van der Waals surface area contributed by atoms with Crippen molar-refractivity contribution >= 4 is 57.2 Å². The molecule has 0 bridgehead atoms. The van der Waals surface area contributed by atoms with Crippen LogP contribution in [0.1, 0.15) is 41.6 Å². The molecule has 3 aromatic heterocycles. The highest BCUT2D eigenvalue weighted by Crippen LogP contribution is 2.33. The molecule has 0 N–H and O–H groups in total. The summed E-state index contributed by atoms with van der Waals surface area (Å²) < 4.78 is 9.81. The second-order valence-corrected chi connectivity index (χ2v) is 11.9. The number of halogens is 1. The third-order valence-corrected chi connectivity index (χ3v) is 9.45. The molecule has 5 aromatic rings. The number of para-hydroxylation sites is 1. The first kappa shape index (κ1) is 26.5. The zero-order valence-electron chi connectivity index (χ0n) is 22.2. The van der Waals surface area contributed by atoms with Crippen molar-refractivity contribution in [1.82, 2.24) is 9.13 Å². The molecule has 9 heteroatoms. The van der Waals surface area contributed by atoms with Crippen LogP contribution in [0.3, 0.4) is 0 Å². The number of benzene rings is 2. The molecule has 0 saturated heterocycles. The van der Waals surface area contributed by atoms with E-state index in [2.05, 4.69) is 23.6 Å². The number of carbonyl (C=O) groups excluding carboxylic acids is 1. The van der Waals surface area contributed by atoms with Gasteiger partial charge in [0.25, 0.3) is 5.56 Å². The zero-order chi connectivity index (χ0) is 28.0. The Labute approximate surface area is 243 Å². The quantitative estimate of drug-likeness (QED) is 0.235. The van der Waals surface area contributed by atoms with E-state index in [-0.39, 0.29) is 12.2 Å². The van der Waals surface area contributed by atoms with Crippen LogP contribution >= 0.6 is 34.3 Å². The van der Waals surface area contributed by atoms with Crippen LogP contribution in [-0.4, -0.2) is 21.7 Å². The Bertz CT molecular complexity index is 1980. The molecule has 0 spiro atoms. The number of fused-ring (bicyclic) bond motifs is 2. The van der Waals surface area contributed by atoms with E-state index in [9.17, 15) is 9.59 Å². The molecular weight excluding hydrogens is 562 g/mol. The van der Waals surface area contributed by atoms with Gasteiger partial charge in [0.1, 0.15) is 6.04 Å². The van der Waals surface area contributed by atoms with Crippen molar-refractivity contribution in [1.29, 1.82) is 0 Å². The average Bonchev–Trinajstić information content (AvgIpc) is 3.64. The van der Waals surface area contributed by atoms with E-state index in [1.807, 2.05) is 60.0 Å². The van der Waals surface area contributed by atoms with Crippen LogP contribution in [0.5, 0.6) is 0 Å². The van der Waals surface area contributed by atoms with Gasteiger partial charge in [-0.05, 0) is 56.0 Å². The Morgan fingerprint density at radius 3 is 2.62 bits per heavy atom. The summed E-state index contributed by atoms with van der Waals surface area (Å²) in [5.41, 5.74) is 4.88. The van der Waals surface area contributed by atoms with Crippen molar-refractivity contribution in [3.8, 4) is 0 Å². The predicted octanol–water partition coefficient (Wildman–Crippen LogP) is 5.82. The van der Waals surface area contributed by atoms with E-state index in [0.717, 1.165) is 37.6 Å². The fourth-order valence-electron chi connectivity index (χ4n) is 5.28. The molecular formula is C31H26ClN3O3S2. The number of nitrogens with zero attached hydrogens (tertiary/aromatic N) is 3. The van der Waals surface area contributed by atoms with Crippen LogP contribution in [0.25, 0.3) is 17.0 Å². The largest absolute Gasteiger partial charge is 0.463 e. The summed E-state index contributed by atoms with van der Waals surface area (Å²) in [6, 6.07) is 19.3. The smallest absolute Gasteiger partial charge is 0.338 e. The van der Waals surface area contributed by atoms with Gasteiger partial charge in [0.05, 0.1) is 22.4 Å². The molecule has 1 unspecified atom stereocenters. The van der Waals surface area contributed by atoms with Gasteiger partial charge < -0.3 is 9.30 Å². The molecule has 4 heterocycles. The molecule has 0 fully saturated rings. The maximum Gasteiger partial charge on any atom is 0.338 e. The van der Waals surface area contributed by atoms with Gasteiger partial charge in [-0.3, -0.25) is 9.36 Å². The van der Waals surface area contributed by atoms with Crippen molar-refractivity contribution in [3.05, 3.63) is 124 Å². The standard InChI is InChI=1S/C31H26ClN3O3S2/c1-4-38-30(37)27-18(2)33-31-35(28(27)25-14-9-15-39-25)29(36)26(40-31)16-22-19(3)34(24-13-8-6-11-21(22)24)17-20-10-5-7-12-23(20)32/h5-16,28H,4,17H2,1-3H3/b26-16-. The molecule has 2 aromatic carbocycles. The zero-order valence-corrected chi connectivity index (χ0v) is 24.6. The summed E-state index contributed by atoms with van der Waals surface area (Å²) in [6.07, 6.45) is 1.96. The minimum Gasteiger partial charge on any atom is -0.463 e. The van der Waals surface area contributed by atoms with Crippen LogP contribution in [0, 0.1) is 6.92 Å². The molecule has 0 aliphatic carbocycles. The topological polar surface area (TPSA) is 65.6 Å². The number of thiazole rings is 1. The first-order valence-corrected chi connectivity index (χ1v) is 15.0. The summed E-state index contributed by atoms with van der Waals surface area (Å²) in [7, 11) is 0. The lowest BCUT2D eigenvalue weighted by atomic mass is 10.0. The number of hydrogen-bond acceptors (Lipinski definition) is 6. The lowest BCUT2D eigenvalue weighted by Gasteiger charge is -2.23. The van der Waals surface area contributed by atoms with E-state index in [4.69, 9.17) is 21.3 Å². The SMILES string of the molecule is CCOC(=O)C1=C(C)N=c2s/c(=C\c3c(C)n(Cc4ccccc4Cl)c4ccccc34)c(=O)n2C1c1cccs1. The molecule has 6 rings (SSSR count). The number of hydrogen-bond donors (Lipinski definition) is 0. The summed E-state index contributed by atoms with van der Waals surface area (Å²) in [5, 5.41) is 3.72. The van der Waals surface area contributed by atoms with Crippen molar-refractivity contribution in [3.63, 3.8) is 0 Å². The highest BCUT2D eigenvalue weighted by atomic mass is 35.5. The Balaban J connectivity index is 1.54. The third-order valence-electron chi connectivity index (χ3n) is 7.17. The van der Waals surface area contributed by atoms with Crippen molar-refractivity contribution in [2.24, 2.45) is 4.99 Å². The third kappa shape index (κ3) is 4.46. The fourth-order valence-corrected chi connectivity index (χ4v) is 7.33. The molecule has 0 amide bonds. The van der Waals surface area contributed by atoms with Gasteiger partial charge in [-0.25, -0.2) is 9.79 Å². The normalized spacial score (nSPS) is 15.4. The Hall–Kier alpha value is -3.72. The summed E-state index contributed by atoms with van der Waals surface area (Å²) >= 11 is 9.35. The van der Waals surface area contributed by atoms with Crippen molar-refractivity contribution in [2.45, 2.75) is 33.4 Å². The van der Waals surface area contributed by atoms with Crippen molar-refractivity contribution in [2.75, 3.05) is 6.61 Å². The maximum atomic E-state index is 14.0. The van der Waals surface area contributed by atoms with Gasteiger partial charge in [0.2, 0.25) is 0 Å². The lowest BCUT2D eigenvalue weighted by Crippen LogP contribution is -2.39. The minimum absolute atomic E-state index is 0.182. The molecule has 0 radical (unpaired) electrons. The van der Waals surface area contributed by atoms with E-state index in [0.29, 0.717) is 27.1 Å². The Kier molecular flexibility index (Phi) is 7.08. The van der Waals surface area contributed by atoms with Crippen molar-refractivity contribution < 1.29 is 9.53 Å². The number of thiophene rings is 1. The minimum atomic E-state index is -0.583. The first-order valence-electron chi connectivity index (χ1n) is 12.9. The number of carbonyl (C=O) groups is 1. The molecule has 1 aliphatic heterocycles. The first-order chi connectivity index (χ1) is 19.4. The predicted molar refractivity (Wildman–Crippen MR) is 162 cm³/mol. The molecule has 202 valence electrons. The average molecular weight is 588 g/mol. The number of aromatic nitrogens is 2. The van der Waals surface area contributed by atoms with Gasteiger partial charge in [-0.15, -0.1) is 11.3 Å². The van der Waals surface area contributed by atoms with Gasteiger partial charge in [0.15, 0.2) is 4.80 Å². The highest BCUT2D eigenvalue weighted by molar-refractivity contribution is 7.10. The van der Waals surface area contributed by atoms with Crippen LogP contribution in [0.15, 0.2) is 87.1 Å². The van der Waals surface area contributed by atoms with Crippen LogP contribution in [0.2, 0.25) is 5.02 Å². The second-order valence-electron chi connectivity index (χ2n) is 9.51. The number of allylic oxidation sites excluding steroid dienone is 1. The monoisotopic (exact) mass is 587 g/mol. The van der Waals surface area contributed by atoms with E-state index in [1.165, 1.54) is 22.7 Å². The number of ether oxygens (including phenoxy) is 1. The van der Waals surface area contributed by atoms with Gasteiger partial charge in [-0.2, -0.15) is 0 Å².